The monoisotopic (exact) mass is 273 g/mol. The van der Waals surface area contributed by atoms with E-state index in [1.807, 2.05) is 51.1 Å². The Morgan fingerprint density at radius 1 is 1.30 bits per heavy atom. The minimum Gasteiger partial charge on any atom is -0.351 e. The highest BCUT2D eigenvalue weighted by Crippen LogP contribution is 2.12. The molecule has 0 heterocycles. The van der Waals surface area contributed by atoms with Gasteiger partial charge in [0.2, 0.25) is 5.91 Å². The van der Waals surface area contributed by atoms with Crippen LogP contribution >= 0.6 is 0 Å². The molecule has 4 nitrogen and oxygen atoms in total. The summed E-state index contributed by atoms with van der Waals surface area (Å²) in [5, 5.41) is 15.2. The molecule has 4 heteroatoms. The van der Waals surface area contributed by atoms with E-state index in [4.69, 9.17) is 0 Å². The average molecular weight is 273 g/mol. The van der Waals surface area contributed by atoms with E-state index in [2.05, 4.69) is 16.7 Å². The lowest BCUT2D eigenvalue weighted by atomic mass is 10.0. The Hall–Kier alpha value is -1.86. The van der Waals surface area contributed by atoms with Gasteiger partial charge in [0.05, 0.1) is 12.0 Å². The molecule has 0 aliphatic carbocycles. The van der Waals surface area contributed by atoms with Crippen molar-refractivity contribution in [1.82, 2.24) is 10.6 Å². The van der Waals surface area contributed by atoms with Crippen molar-refractivity contribution in [1.29, 1.82) is 5.26 Å². The normalized spacial score (nSPS) is 12.5. The number of nitriles is 1. The molecule has 20 heavy (non-hydrogen) atoms. The third-order valence-electron chi connectivity index (χ3n) is 2.75. The zero-order chi connectivity index (χ0) is 15.0. The number of hydrogen-bond donors (Lipinski definition) is 2. The van der Waals surface area contributed by atoms with Crippen molar-refractivity contribution >= 4 is 5.91 Å². The van der Waals surface area contributed by atoms with Crippen molar-refractivity contribution in [2.75, 3.05) is 13.1 Å². The lowest BCUT2D eigenvalue weighted by Gasteiger charge is -2.20. The summed E-state index contributed by atoms with van der Waals surface area (Å²) in [6, 6.07) is 12.0. The van der Waals surface area contributed by atoms with Crippen molar-refractivity contribution in [2.45, 2.75) is 38.6 Å². The molecule has 0 aliphatic heterocycles. The van der Waals surface area contributed by atoms with Crippen LogP contribution in [0.4, 0.5) is 0 Å². The van der Waals surface area contributed by atoms with E-state index in [9.17, 15) is 10.1 Å². The van der Waals surface area contributed by atoms with E-state index in [0.717, 1.165) is 5.56 Å². The number of hydrogen-bond acceptors (Lipinski definition) is 3. The Morgan fingerprint density at radius 3 is 2.50 bits per heavy atom. The number of benzene rings is 1. The molecule has 1 aromatic carbocycles. The van der Waals surface area contributed by atoms with Gasteiger partial charge in [0.1, 0.15) is 0 Å². The lowest BCUT2D eigenvalue weighted by Crippen LogP contribution is -2.41. The Labute approximate surface area is 121 Å². The van der Waals surface area contributed by atoms with Crippen molar-refractivity contribution in [3.63, 3.8) is 0 Å². The zero-order valence-electron chi connectivity index (χ0n) is 12.4. The van der Waals surface area contributed by atoms with Gasteiger partial charge in [0, 0.05) is 25.0 Å². The summed E-state index contributed by atoms with van der Waals surface area (Å²) in [5.41, 5.74) is 0.803. The molecule has 2 N–H and O–H groups in total. The molecule has 0 bridgehead atoms. The SMILES string of the molecule is CC(C)(C)NC(=O)CCNCC(C#N)c1ccccc1. The maximum Gasteiger partial charge on any atom is 0.221 e. The van der Waals surface area contributed by atoms with E-state index in [0.29, 0.717) is 19.5 Å². The van der Waals surface area contributed by atoms with Crippen LogP contribution in [0.15, 0.2) is 30.3 Å². The predicted octanol–water partition coefficient (Wildman–Crippen LogP) is 2.19. The minimum atomic E-state index is -0.198. The first-order valence-corrected chi connectivity index (χ1v) is 6.88. The molecule has 0 fully saturated rings. The van der Waals surface area contributed by atoms with Gasteiger partial charge in [-0.05, 0) is 26.3 Å². The van der Waals surface area contributed by atoms with Crippen molar-refractivity contribution in [3.8, 4) is 6.07 Å². The number of amides is 1. The van der Waals surface area contributed by atoms with Crippen LogP contribution in [0.2, 0.25) is 0 Å². The molecular formula is C16H23N3O. The van der Waals surface area contributed by atoms with Crippen molar-refractivity contribution in [3.05, 3.63) is 35.9 Å². The molecule has 1 amide bonds. The average Bonchev–Trinajstić information content (AvgIpc) is 2.38. The highest BCUT2D eigenvalue weighted by molar-refractivity contribution is 5.76. The number of carbonyl (C=O) groups excluding carboxylic acids is 1. The van der Waals surface area contributed by atoms with Crippen LogP contribution in [0.1, 0.15) is 38.7 Å². The fraction of sp³-hybridized carbons (Fsp3) is 0.500. The van der Waals surface area contributed by atoms with Gasteiger partial charge >= 0.3 is 0 Å². The fourth-order valence-corrected chi connectivity index (χ4v) is 1.85. The summed E-state index contributed by atoms with van der Waals surface area (Å²) in [6.45, 7) is 7.01. The molecular weight excluding hydrogens is 250 g/mol. The third-order valence-corrected chi connectivity index (χ3v) is 2.75. The molecule has 0 saturated carbocycles. The molecule has 0 aliphatic rings. The van der Waals surface area contributed by atoms with Crippen LogP contribution in [0.25, 0.3) is 0 Å². The van der Waals surface area contributed by atoms with E-state index >= 15 is 0 Å². The minimum absolute atomic E-state index is 0.0261. The van der Waals surface area contributed by atoms with Gasteiger partial charge in [-0.1, -0.05) is 30.3 Å². The lowest BCUT2D eigenvalue weighted by molar-refractivity contribution is -0.122. The summed E-state index contributed by atoms with van der Waals surface area (Å²) in [5.74, 6) is -0.153. The Kier molecular flexibility index (Phi) is 6.20. The highest BCUT2D eigenvalue weighted by Gasteiger charge is 2.13. The maximum absolute atomic E-state index is 11.6. The van der Waals surface area contributed by atoms with Gasteiger partial charge in [0.15, 0.2) is 0 Å². The summed E-state index contributed by atoms with van der Waals surface area (Å²) >= 11 is 0. The van der Waals surface area contributed by atoms with Gasteiger partial charge in [-0.3, -0.25) is 4.79 Å². The summed E-state index contributed by atoms with van der Waals surface area (Å²) in [4.78, 5) is 11.6. The molecule has 1 atom stereocenters. The number of nitrogens with one attached hydrogen (secondary N) is 2. The number of carbonyl (C=O) groups is 1. The van der Waals surface area contributed by atoms with Gasteiger partial charge in [-0.25, -0.2) is 0 Å². The molecule has 0 aromatic heterocycles. The van der Waals surface area contributed by atoms with Gasteiger partial charge in [-0.15, -0.1) is 0 Å². The van der Waals surface area contributed by atoms with E-state index in [1.165, 1.54) is 0 Å². The quantitative estimate of drug-likeness (QED) is 0.781. The highest BCUT2D eigenvalue weighted by atomic mass is 16.1. The van der Waals surface area contributed by atoms with Crippen molar-refractivity contribution in [2.24, 2.45) is 0 Å². The zero-order valence-corrected chi connectivity index (χ0v) is 12.4. The first kappa shape index (κ1) is 16.2. The summed E-state index contributed by atoms with van der Waals surface area (Å²) in [7, 11) is 0. The standard InChI is InChI=1S/C16H23N3O/c1-16(2,3)19-15(20)9-10-18-12-14(11-17)13-7-5-4-6-8-13/h4-8,14,18H,9-10,12H2,1-3H3,(H,19,20). The fourth-order valence-electron chi connectivity index (χ4n) is 1.85. The topological polar surface area (TPSA) is 64.9 Å². The number of rotatable bonds is 6. The molecule has 1 unspecified atom stereocenters. The van der Waals surface area contributed by atoms with Crippen LogP contribution < -0.4 is 10.6 Å². The molecule has 0 spiro atoms. The smallest absolute Gasteiger partial charge is 0.221 e. The van der Waals surface area contributed by atoms with E-state index < -0.39 is 0 Å². The first-order chi connectivity index (χ1) is 9.42. The van der Waals surface area contributed by atoms with Gasteiger partial charge in [-0.2, -0.15) is 5.26 Å². The first-order valence-electron chi connectivity index (χ1n) is 6.88. The molecule has 0 saturated heterocycles. The second-order valence-electron chi connectivity index (χ2n) is 5.84. The summed E-state index contributed by atoms with van der Waals surface area (Å²) < 4.78 is 0. The van der Waals surface area contributed by atoms with Crippen LogP contribution in [0, 0.1) is 11.3 Å². The molecule has 108 valence electrons. The Morgan fingerprint density at radius 2 is 1.95 bits per heavy atom. The van der Waals surface area contributed by atoms with Gasteiger partial charge in [0.25, 0.3) is 0 Å². The second-order valence-corrected chi connectivity index (χ2v) is 5.84. The molecule has 1 rings (SSSR count). The van der Waals surface area contributed by atoms with Crippen LogP contribution in [-0.4, -0.2) is 24.5 Å². The number of nitrogens with zero attached hydrogens (tertiary/aromatic N) is 1. The Bertz CT molecular complexity index is 457. The van der Waals surface area contributed by atoms with Crippen molar-refractivity contribution < 1.29 is 4.79 Å². The van der Waals surface area contributed by atoms with Gasteiger partial charge < -0.3 is 10.6 Å². The van der Waals surface area contributed by atoms with E-state index in [-0.39, 0.29) is 17.4 Å². The predicted molar refractivity (Wildman–Crippen MR) is 80.2 cm³/mol. The van der Waals surface area contributed by atoms with Crippen LogP contribution in [-0.2, 0) is 4.79 Å². The second kappa shape index (κ2) is 7.66. The molecule has 1 aromatic rings. The Balaban J connectivity index is 2.30. The van der Waals surface area contributed by atoms with E-state index in [1.54, 1.807) is 0 Å². The third kappa shape index (κ3) is 6.35. The maximum atomic E-state index is 11.6. The molecule has 0 radical (unpaired) electrons. The van der Waals surface area contributed by atoms with Crippen LogP contribution in [0.5, 0.6) is 0 Å². The largest absolute Gasteiger partial charge is 0.351 e. The van der Waals surface area contributed by atoms with Crippen LogP contribution in [0.3, 0.4) is 0 Å². The summed E-state index contributed by atoms with van der Waals surface area (Å²) in [6.07, 6.45) is 0.421.